The second-order valence-electron chi connectivity index (χ2n) is 3.97. The maximum atomic E-state index is 11.7. The molecule has 0 fully saturated rings. The van der Waals surface area contributed by atoms with Crippen molar-refractivity contribution in [2.45, 2.75) is 37.1 Å². The number of benzene rings is 1. The zero-order valence-electron chi connectivity index (χ0n) is 10.4. The van der Waals surface area contributed by atoms with E-state index in [2.05, 4.69) is 12.2 Å². The minimum atomic E-state index is -0.407. The highest BCUT2D eigenvalue weighted by molar-refractivity contribution is 7.98. The summed E-state index contributed by atoms with van der Waals surface area (Å²) >= 11 is 1.68. The molecule has 1 aromatic rings. The summed E-state index contributed by atoms with van der Waals surface area (Å²) in [5.41, 5.74) is 6.60. The van der Waals surface area contributed by atoms with Gasteiger partial charge in [0.1, 0.15) is 0 Å². The Morgan fingerprint density at radius 1 is 1.41 bits per heavy atom. The molecule has 4 heteroatoms. The van der Waals surface area contributed by atoms with Crippen LogP contribution in [-0.4, -0.2) is 18.2 Å². The fraction of sp³-hybridized carbons (Fsp3) is 0.462. The zero-order chi connectivity index (χ0) is 12.7. The van der Waals surface area contributed by atoms with E-state index < -0.39 is 6.04 Å². The van der Waals surface area contributed by atoms with Crippen LogP contribution in [0.3, 0.4) is 0 Å². The van der Waals surface area contributed by atoms with Crippen LogP contribution in [0.25, 0.3) is 0 Å². The standard InChI is InChI=1S/C13H20N2OS/c1-3-4-5-12(14)13(16)15-10-6-8-11(17-2)9-7-10/h6-9,12H,3-5,14H2,1-2H3,(H,15,16)/t12-/m0/s1. The SMILES string of the molecule is CCCC[C@H](N)C(=O)Nc1ccc(SC)cc1. The van der Waals surface area contributed by atoms with Gasteiger partial charge in [-0.05, 0) is 36.9 Å². The van der Waals surface area contributed by atoms with Gasteiger partial charge in [-0.2, -0.15) is 0 Å². The van der Waals surface area contributed by atoms with Gasteiger partial charge in [0, 0.05) is 10.6 Å². The molecule has 0 saturated heterocycles. The molecule has 0 unspecified atom stereocenters. The monoisotopic (exact) mass is 252 g/mol. The molecule has 0 aromatic heterocycles. The molecule has 0 aliphatic heterocycles. The Labute approximate surface area is 107 Å². The number of carbonyl (C=O) groups excluding carboxylic acids is 1. The molecule has 3 nitrogen and oxygen atoms in total. The van der Waals surface area contributed by atoms with E-state index >= 15 is 0 Å². The number of thioether (sulfide) groups is 1. The Morgan fingerprint density at radius 3 is 2.59 bits per heavy atom. The summed E-state index contributed by atoms with van der Waals surface area (Å²) in [5, 5.41) is 2.83. The lowest BCUT2D eigenvalue weighted by atomic mass is 10.1. The largest absolute Gasteiger partial charge is 0.325 e. The van der Waals surface area contributed by atoms with E-state index in [1.807, 2.05) is 30.5 Å². The van der Waals surface area contributed by atoms with E-state index in [4.69, 9.17) is 5.73 Å². The van der Waals surface area contributed by atoms with Crippen molar-refractivity contribution in [2.24, 2.45) is 5.73 Å². The fourth-order valence-corrected chi connectivity index (χ4v) is 1.87. The van der Waals surface area contributed by atoms with Gasteiger partial charge in [-0.25, -0.2) is 0 Å². The minimum Gasteiger partial charge on any atom is -0.325 e. The van der Waals surface area contributed by atoms with Gasteiger partial charge in [0.25, 0.3) is 0 Å². The lowest BCUT2D eigenvalue weighted by Gasteiger charge is -2.11. The molecule has 0 heterocycles. The van der Waals surface area contributed by atoms with Crippen molar-refractivity contribution in [3.63, 3.8) is 0 Å². The fourth-order valence-electron chi connectivity index (χ4n) is 1.46. The van der Waals surface area contributed by atoms with Crippen molar-refractivity contribution < 1.29 is 4.79 Å². The van der Waals surface area contributed by atoms with Gasteiger partial charge in [-0.1, -0.05) is 19.8 Å². The number of unbranched alkanes of at least 4 members (excludes halogenated alkanes) is 1. The van der Waals surface area contributed by atoms with Crippen LogP contribution in [0.2, 0.25) is 0 Å². The first-order valence-corrected chi connectivity index (χ1v) is 7.10. The molecule has 0 radical (unpaired) electrons. The average Bonchev–Trinajstić information content (AvgIpc) is 2.36. The van der Waals surface area contributed by atoms with Crippen molar-refractivity contribution in [3.8, 4) is 0 Å². The van der Waals surface area contributed by atoms with Crippen molar-refractivity contribution in [2.75, 3.05) is 11.6 Å². The van der Waals surface area contributed by atoms with E-state index in [-0.39, 0.29) is 5.91 Å². The van der Waals surface area contributed by atoms with Crippen molar-refractivity contribution >= 4 is 23.4 Å². The van der Waals surface area contributed by atoms with Gasteiger partial charge in [-0.15, -0.1) is 11.8 Å². The van der Waals surface area contributed by atoms with E-state index in [1.54, 1.807) is 11.8 Å². The highest BCUT2D eigenvalue weighted by atomic mass is 32.2. The molecule has 1 atom stereocenters. The molecular formula is C13H20N2OS. The third-order valence-electron chi connectivity index (χ3n) is 2.56. The number of hydrogen-bond donors (Lipinski definition) is 2. The molecule has 3 N–H and O–H groups in total. The summed E-state index contributed by atoms with van der Waals surface area (Å²) in [6.45, 7) is 2.09. The molecule has 0 bridgehead atoms. The van der Waals surface area contributed by atoms with Crippen LogP contribution in [0.5, 0.6) is 0 Å². The van der Waals surface area contributed by atoms with Gasteiger partial charge in [0.2, 0.25) is 5.91 Å². The summed E-state index contributed by atoms with van der Waals surface area (Å²) in [6, 6.07) is 7.36. The number of anilines is 1. The highest BCUT2D eigenvalue weighted by Crippen LogP contribution is 2.17. The zero-order valence-corrected chi connectivity index (χ0v) is 11.2. The minimum absolute atomic E-state index is 0.102. The normalized spacial score (nSPS) is 12.2. The molecule has 0 saturated carbocycles. The van der Waals surface area contributed by atoms with E-state index in [9.17, 15) is 4.79 Å². The van der Waals surface area contributed by atoms with Crippen molar-refractivity contribution in [1.29, 1.82) is 0 Å². The Kier molecular flexibility index (Phi) is 6.08. The number of rotatable bonds is 6. The number of hydrogen-bond acceptors (Lipinski definition) is 3. The average molecular weight is 252 g/mol. The quantitative estimate of drug-likeness (QED) is 0.765. The number of nitrogens with two attached hydrogens (primary N) is 1. The topological polar surface area (TPSA) is 55.1 Å². The van der Waals surface area contributed by atoms with Gasteiger partial charge in [0.05, 0.1) is 6.04 Å². The highest BCUT2D eigenvalue weighted by Gasteiger charge is 2.12. The maximum Gasteiger partial charge on any atom is 0.241 e. The van der Waals surface area contributed by atoms with Crippen LogP contribution < -0.4 is 11.1 Å². The van der Waals surface area contributed by atoms with Crippen molar-refractivity contribution in [1.82, 2.24) is 0 Å². The predicted molar refractivity (Wildman–Crippen MR) is 74.4 cm³/mol. The third-order valence-corrected chi connectivity index (χ3v) is 3.31. The van der Waals surface area contributed by atoms with Gasteiger partial charge < -0.3 is 11.1 Å². The van der Waals surface area contributed by atoms with Gasteiger partial charge in [-0.3, -0.25) is 4.79 Å². The molecule has 1 aromatic carbocycles. The van der Waals surface area contributed by atoms with E-state index in [1.165, 1.54) is 4.90 Å². The van der Waals surface area contributed by atoms with Gasteiger partial charge in [0.15, 0.2) is 0 Å². The second kappa shape index (κ2) is 7.35. The molecular weight excluding hydrogens is 232 g/mol. The van der Waals surface area contributed by atoms with Crippen LogP contribution in [0.1, 0.15) is 26.2 Å². The van der Waals surface area contributed by atoms with E-state index in [0.29, 0.717) is 0 Å². The predicted octanol–water partition coefficient (Wildman–Crippen LogP) is 2.86. The van der Waals surface area contributed by atoms with E-state index in [0.717, 1.165) is 24.9 Å². The number of carbonyl (C=O) groups is 1. The Hall–Kier alpha value is -1.00. The number of nitrogens with one attached hydrogen (secondary N) is 1. The summed E-state index contributed by atoms with van der Waals surface area (Å²) < 4.78 is 0. The lowest BCUT2D eigenvalue weighted by Crippen LogP contribution is -2.35. The smallest absolute Gasteiger partial charge is 0.241 e. The van der Waals surface area contributed by atoms with Crippen LogP contribution >= 0.6 is 11.8 Å². The summed E-state index contributed by atoms with van der Waals surface area (Å²) in [4.78, 5) is 12.9. The Balaban J connectivity index is 2.49. The Morgan fingerprint density at radius 2 is 2.06 bits per heavy atom. The molecule has 94 valence electrons. The first kappa shape index (κ1) is 14.1. The Bertz CT molecular complexity index is 351. The molecule has 0 aliphatic carbocycles. The lowest BCUT2D eigenvalue weighted by molar-refractivity contribution is -0.117. The molecule has 0 spiro atoms. The summed E-state index contributed by atoms with van der Waals surface area (Å²) in [5.74, 6) is -0.102. The third kappa shape index (κ3) is 4.79. The number of amides is 1. The van der Waals surface area contributed by atoms with Crippen LogP contribution in [0.4, 0.5) is 5.69 Å². The first-order valence-electron chi connectivity index (χ1n) is 5.88. The second-order valence-corrected chi connectivity index (χ2v) is 4.85. The van der Waals surface area contributed by atoms with Gasteiger partial charge >= 0.3 is 0 Å². The van der Waals surface area contributed by atoms with Crippen LogP contribution in [0.15, 0.2) is 29.2 Å². The summed E-state index contributed by atoms with van der Waals surface area (Å²) in [6.07, 6.45) is 4.81. The summed E-state index contributed by atoms with van der Waals surface area (Å²) in [7, 11) is 0. The molecule has 17 heavy (non-hydrogen) atoms. The maximum absolute atomic E-state index is 11.7. The molecule has 1 rings (SSSR count). The van der Waals surface area contributed by atoms with Crippen molar-refractivity contribution in [3.05, 3.63) is 24.3 Å². The molecule has 1 amide bonds. The first-order chi connectivity index (χ1) is 8.17. The molecule has 0 aliphatic rings. The van der Waals surface area contributed by atoms with Crippen LogP contribution in [0, 0.1) is 0 Å². The van der Waals surface area contributed by atoms with Crippen LogP contribution in [-0.2, 0) is 4.79 Å².